The van der Waals surface area contributed by atoms with Crippen molar-refractivity contribution in [2.75, 3.05) is 12.4 Å². The molecule has 7 heteroatoms. The van der Waals surface area contributed by atoms with Crippen LogP contribution >= 0.6 is 11.5 Å². The molecule has 2 aromatic carbocycles. The SMILES string of the molecule is COc1ccc(Oc2ccc(Nc3snc(O)c3C#N)cc2)cc1. The summed E-state index contributed by atoms with van der Waals surface area (Å²) in [6.45, 7) is 0. The molecule has 0 bridgehead atoms. The monoisotopic (exact) mass is 339 g/mol. The lowest BCUT2D eigenvalue weighted by Crippen LogP contribution is -1.90. The van der Waals surface area contributed by atoms with E-state index in [4.69, 9.17) is 14.7 Å². The van der Waals surface area contributed by atoms with Gasteiger partial charge >= 0.3 is 0 Å². The third-order valence-corrected chi connectivity index (χ3v) is 3.95. The number of benzene rings is 2. The summed E-state index contributed by atoms with van der Waals surface area (Å²) in [5.41, 5.74) is 0.899. The maximum atomic E-state index is 9.46. The van der Waals surface area contributed by atoms with Crippen molar-refractivity contribution in [2.24, 2.45) is 0 Å². The third-order valence-electron chi connectivity index (χ3n) is 3.19. The van der Waals surface area contributed by atoms with E-state index in [-0.39, 0.29) is 11.4 Å². The van der Waals surface area contributed by atoms with Crippen LogP contribution < -0.4 is 14.8 Å². The minimum atomic E-state index is -0.260. The first-order valence-corrected chi connectivity index (χ1v) is 7.74. The number of aromatic hydroxyl groups is 1. The first kappa shape index (κ1) is 15.6. The van der Waals surface area contributed by atoms with Gasteiger partial charge in [-0.15, -0.1) is 0 Å². The predicted octanol–water partition coefficient (Wildman–Crippen LogP) is 4.26. The number of ether oxygens (including phenoxy) is 2. The highest BCUT2D eigenvalue weighted by Crippen LogP contribution is 2.32. The number of nitrogens with zero attached hydrogens (tertiary/aromatic N) is 2. The number of rotatable bonds is 5. The first-order valence-electron chi connectivity index (χ1n) is 6.97. The van der Waals surface area contributed by atoms with Crippen LogP contribution in [0, 0.1) is 11.3 Å². The van der Waals surface area contributed by atoms with E-state index in [1.165, 1.54) is 0 Å². The molecule has 0 unspecified atom stereocenters. The molecule has 3 aromatic rings. The predicted molar refractivity (Wildman–Crippen MR) is 91.3 cm³/mol. The van der Waals surface area contributed by atoms with Crippen molar-refractivity contribution >= 4 is 22.2 Å². The Morgan fingerprint density at radius 3 is 2.21 bits per heavy atom. The summed E-state index contributed by atoms with van der Waals surface area (Å²) in [6.07, 6.45) is 0. The lowest BCUT2D eigenvalue weighted by Gasteiger charge is -2.08. The average molecular weight is 339 g/mol. The van der Waals surface area contributed by atoms with Crippen molar-refractivity contribution < 1.29 is 14.6 Å². The van der Waals surface area contributed by atoms with Crippen LogP contribution in [0.25, 0.3) is 0 Å². The summed E-state index contributed by atoms with van der Waals surface area (Å²) in [4.78, 5) is 0. The van der Waals surface area contributed by atoms with E-state index in [1.54, 1.807) is 19.2 Å². The molecule has 0 radical (unpaired) electrons. The normalized spacial score (nSPS) is 10.0. The number of hydrogen-bond acceptors (Lipinski definition) is 7. The van der Waals surface area contributed by atoms with E-state index < -0.39 is 0 Å². The second-order valence-corrected chi connectivity index (χ2v) is 5.52. The molecule has 0 saturated heterocycles. The number of aromatic nitrogens is 1. The fraction of sp³-hybridized carbons (Fsp3) is 0.0588. The molecule has 0 aliphatic rings. The fourth-order valence-corrected chi connectivity index (χ4v) is 2.65. The maximum absolute atomic E-state index is 9.46. The van der Waals surface area contributed by atoms with Crippen LogP contribution in [-0.2, 0) is 0 Å². The molecule has 1 heterocycles. The highest BCUT2D eigenvalue weighted by molar-refractivity contribution is 7.10. The lowest BCUT2D eigenvalue weighted by atomic mass is 10.3. The second-order valence-electron chi connectivity index (χ2n) is 4.75. The van der Waals surface area contributed by atoms with Gasteiger partial charge in [-0.25, -0.2) is 0 Å². The largest absolute Gasteiger partial charge is 0.497 e. The minimum Gasteiger partial charge on any atom is -0.497 e. The molecular weight excluding hydrogens is 326 g/mol. The summed E-state index contributed by atoms with van der Waals surface area (Å²) in [6, 6.07) is 16.5. The van der Waals surface area contributed by atoms with Gasteiger partial charge in [0.1, 0.15) is 28.3 Å². The highest BCUT2D eigenvalue weighted by atomic mass is 32.1. The van der Waals surface area contributed by atoms with Crippen molar-refractivity contribution in [1.82, 2.24) is 4.37 Å². The molecule has 2 N–H and O–H groups in total. The molecule has 6 nitrogen and oxygen atoms in total. The second kappa shape index (κ2) is 6.89. The van der Waals surface area contributed by atoms with Crippen LogP contribution in [0.2, 0.25) is 0 Å². The Balaban J connectivity index is 1.69. The maximum Gasteiger partial charge on any atom is 0.243 e. The molecule has 120 valence electrons. The molecule has 0 amide bonds. The van der Waals surface area contributed by atoms with Crippen LogP contribution in [0.1, 0.15) is 5.56 Å². The van der Waals surface area contributed by atoms with Gasteiger partial charge in [0.05, 0.1) is 7.11 Å². The molecule has 3 rings (SSSR count). The number of methoxy groups -OCH3 is 1. The van der Waals surface area contributed by atoms with Crippen molar-refractivity contribution in [3.63, 3.8) is 0 Å². The zero-order chi connectivity index (χ0) is 16.9. The zero-order valence-corrected chi connectivity index (χ0v) is 13.5. The highest BCUT2D eigenvalue weighted by Gasteiger charge is 2.12. The van der Waals surface area contributed by atoms with E-state index in [0.717, 1.165) is 23.0 Å². The number of nitrogens with one attached hydrogen (secondary N) is 1. The van der Waals surface area contributed by atoms with Crippen LogP contribution in [0.4, 0.5) is 10.7 Å². The third kappa shape index (κ3) is 3.39. The van der Waals surface area contributed by atoms with E-state index in [2.05, 4.69) is 9.69 Å². The first-order chi connectivity index (χ1) is 11.7. The van der Waals surface area contributed by atoms with Gasteiger partial charge in [-0.05, 0) is 60.1 Å². The van der Waals surface area contributed by atoms with Crippen LogP contribution in [-0.4, -0.2) is 16.6 Å². The van der Waals surface area contributed by atoms with Gasteiger partial charge in [-0.3, -0.25) is 0 Å². The van der Waals surface area contributed by atoms with Gasteiger partial charge in [-0.2, -0.15) is 9.64 Å². The van der Waals surface area contributed by atoms with E-state index in [0.29, 0.717) is 16.5 Å². The Kier molecular flexibility index (Phi) is 4.50. The number of nitriles is 1. The molecule has 0 saturated carbocycles. The fourth-order valence-electron chi connectivity index (χ4n) is 1.99. The van der Waals surface area contributed by atoms with Gasteiger partial charge in [0.15, 0.2) is 5.56 Å². The average Bonchev–Trinajstić information content (AvgIpc) is 2.97. The van der Waals surface area contributed by atoms with Crippen molar-refractivity contribution in [3.8, 4) is 29.2 Å². The van der Waals surface area contributed by atoms with Crippen molar-refractivity contribution in [1.29, 1.82) is 5.26 Å². The molecule has 0 aliphatic carbocycles. The number of hydrogen-bond donors (Lipinski definition) is 2. The molecule has 0 fully saturated rings. The molecule has 1 aromatic heterocycles. The van der Waals surface area contributed by atoms with E-state index in [1.807, 2.05) is 42.5 Å². The van der Waals surface area contributed by atoms with Crippen LogP contribution in [0.15, 0.2) is 48.5 Å². The number of anilines is 2. The molecule has 0 atom stereocenters. The summed E-state index contributed by atoms with van der Waals surface area (Å²) in [5.74, 6) is 1.89. The molecule has 0 spiro atoms. The van der Waals surface area contributed by atoms with Gasteiger partial charge < -0.3 is 19.9 Å². The summed E-state index contributed by atoms with van der Waals surface area (Å²) in [7, 11) is 1.61. The van der Waals surface area contributed by atoms with Gasteiger partial charge in [0, 0.05) is 5.69 Å². The van der Waals surface area contributed by atoms with E-state index in [9.17, 15) is 5.11 Å². The zero-order valence-electron chi connectivity index (χ0n) is 12.7. The van der Waals surface area contributed by atoms with Gasteiger partial charge in [-0.1, -0.05) is 0 Å². The summed E-state index contributed by atoms with van der Waals surface area (Å²) in [5, 5.41) is 22.0. The Hall–Kier alpha value is -3.24. The standard InChI is InChI=1S/C17H13N3O3S/c1-22-12-6-8-14(9-7-12)23-13-4-2-11(3-5-13)19-17-15(10-18)16(21)20-24-17/h2-9,19H,1H3,(H,20,21). The minimum absolute atomic E-state index is 0.138. The van der Waals surface area contributed by atoms with Crippen LogP contribution in [0.5, 0.6) is 23.1 Å². The smallest absolute Gasteiger partial charge is 0.243 e. The molecule has 24 heavy (non-hydrogen) atoms. The topological polar surface area (TPSA) is 87.4 Å². The quantitative estimate of drug-likeness (QED) is 0.722. The van der Waals surface area contributed by atoms with Crippen LogP contribution in [0.3, 0.4) is 0 Å². The Labute approximate surface area is 142 Å². The van der Waals surface area contributed by atoms with Crippen molar-refractivity contribution in [2.45, 2.75) is 0 Å². The Morgan fingerprint density at radius 1 is 1.04 bits per heavy atom. The molecule has 0 aliphatic heterocycles. The van der Waals surface area contributed by atoms with E-state index >= 15 is 0 Å². The Bertz CT molecular complexity index is 868. The Morgan fingerprint density at radius 2 is 1.62 bits per heavy atom. The lowest BCUT2D eigenvalue weighted by molar-refractivity contribution is 0.413. The van der Waals surface area contributed by atoms with Gasteiger partial charge in [0.25, 0.3) is 0 Å². The molecular formula is C17H13N3O3S. The summed E-state index contributed by atoms with van der Waals surface area (Å²) >= 11 is 1.03. The van der Waals surface area contributed by atoms with Crippen molar-refractivity contribution in [3.05, 3.63) is 54.1 Å². The summed E-state index contributed by atoms with van der Waals surface area (Å²) < 4.78 is 14.6. The van der Waals surface area contributed by atoms with Gasteiger partial charge in [0.2, 0.25) is 5.88 Å².